The lowest BCUT2D eigenvalue weighted by atomic mass is 10.2. The van der Waals surface area contributed by atoms with E-state index in [9.17, 15) is 4.79 Å². The van der Waals surface area contributed by atoms with E-state index in [1.165, 1.54) is 0 Å². The molecule has 1 aromatic carbocycles. The Kier molecular flexibility index (Phi) is 3.90. The lowest BCUT2D eigenvalue weighted by molar-refractivity contribution is 0.0944. The van der Waals surface area contributed by atoms with E-state index in [0.29, 0.717) is 23.8 Å². The molecule has 0 radical (unpaired) electrons. The normalized spacial score (nSPS) is 11.0. The molecule has 6 heteroatoms. The van der Waals surface area contributed by atoms with Gasteiger partial charge < -0.3 is 14.5 Å². The van der Waals surface area contributed by atoms with E-state index in [1.54, 1.807) is 6.20 Å². The number of hydrogen-bond acceptors (Lipinski definition) is 2. The van der Waals surface area contributed by atoms with E-state index < -0.39 is 0 Å². The van der Waals surface area contributed by atoms with Crippen LogP contribution in [-0.4, -0.2) is 26.6 Å². The topological polar surface area (TPSA) is 51.9 Å². The van der Waals surface area contributed by atoms with Crippen molar-refractivity contribution in [2.75, 3.05) is 6.54 Å². The van der Waals surface area contributed by atoms with Crippen LogP contribution in [0.5, 0.6) is 0 Å². The molecule has 0 aliphatic rings. The first-order valence-electron chi connectivity index (χ1n) is 7.08. The number of para-hydroxylation sites is 1. The fraction of sp³-hybridized carbons (Fsp3) is 0.250. The number of carbonyl (C=O) groups excluding carboxylic acids is 1. The third-order valence-corrected chi connectivity index (χ3v) is 4.11. The average Bonchev–Trinajstić information content (AvgIpc) is 3.04. The van der Waals surface area contributed by atoms with Gasteiger partial charge in [0.2, 0.25) is 0 Å². The van der Waals surface area contributed by atoms with Gasteiger partial charge in [0.15, 0.2) is 0 Å². The summed E-state index contributed by atoms with van der Waals surface area (Å²) in [6, 6.07) is 7.52. The van der Waals surface area contributed by atoms with Crippen LogP contribution in [0.15, 0.2) is 36.7 Å². The summed E-state index contributed by atoms with van der Waals surface area (Å²) in [5.41, 5.74) is 1.48. The number of imidazole rings is 1. The summed E-state index contributed by atoms with van der Waals surface area (Å²) in [5, 5.41) is 4.54. The minimum Gasteiger partial charge on any atom is -0.349 e. The van der Waals surface area contributed by atoms with Crippen molar-refractivity contribution in [3.63, 3.8) is 0 Å². The Balaban J connectivity index is 1.74. The van der Waals surface area contributed by atoms with Gasteiger partial charge in [-0.3, -0.25) is 4.79 Å². The van der Waals surface area contributed by atoms with Crippen molar-refractivity contribution in [2.24, 2.45) is 7.05 Å². The second kappa shape index (κ2) is 5.85. The maximum absolute atomic E-state index is 12.4. The Morgan fingerprint density at radius 1 is 1.41 bits per heavy atom. The maximum atomic E-state index is 12.4. The highest BCUT2D eigenvalue weighted by molar-refractivity contribution is 6.35. The number of amides is 1. The van der Waals surface area contributed by atoms with Gasteiger partial charge in [0.25, 0.3) is 5.91 Å². The highest BCUT2D eigenvalue weighted by Gasteiger charge is 2.14. The number of nitrogens with zero attached hydrogens (tertiary/aromatic N) is 3. The van der Waals surface area contributed by atoms with Crippen LogP contribution < -0.4 is 5.32 Å². The van der Waals surface area contributed by atoms with Gasteiger partial charge in [-0.05, 0) is 19.1 Å². The van der Waals surface area contributed by atoms with Crippen molar-refractivity contribution in [2.45, 2.75) is 13.5 Å². The van der Waals surface area contributed by atoms with Crippen molar-refractivity contribution in [1.29, 1.82) is 0 Å². The van der Waals surface area contributed by atoms with E-state index in [-0.39, 0.29) is 5.91 Å². The lowest BCUT2D eigenvalue weighted by Crippen LogP contribution is -2.28. The van der Waals surface area contributed by atoms with Gasteiger partial charge in [-0.25, -0.2) is 4.98 Å². The predicted octanol–water partition coefficient (Wildman–Crippen LogP) is 2.77. The fourth-order valence-corrected chi connectivity index (χ4v) is 2.91. The summed E-state index contributed by atoms with van der Waals surface area (Å²) in [6.45, 7) is 3.18. The molecule has 0 spiro atoms. The lowest BCUT2D eigenvalue weighted by Gasteiger charge is -2.08. The van der Waals surface area contributed by atoms with Gasteiger partial charge in [0, 0.05) is 37.9 Å². The van der Waals surface area contributed by atoms with Gasteiger partial charge in [-0.15, -0.1) is 0 Å². The molecule has 2 heterocycles. The summed E-state index contributed by atoms with van der Waals surface area (Å²) >= 11 is 6.21. The van der Waals surface area contributed by atoms with Crippen molar-refractivity contribution in [3.8, 4) is 0 Å². The van der Waals surface area contributed by atoms with Crippen molar-refractivity contribution < 1.29 is 4.79 Å². The molecular formula is C16H17ClN4O. The number of nitrogens with one attached hydrogen (secondary N) is 1. The zero-order chi connectivity index (χ0) is 15.7. The third kappa shape index (κ3) is 2.60. The zero-order valence-corrected chi connectivity index (χ0v) is 13.3. The van der Waals surface area contributed by atoms with Gasteiger partial charge in [0.05, 0.1) is 10.5 Å². The summed E-state index contributed by atoms with van der Waals surface area (Å²) < 4.78 is 3.83. The molecule has 1 N–H and O–H groups in total. The summed E-state index contributed by atoms with van der Waals surface area (Å²) in [7, 11) is 1.85. The van der Waals surface area contributed by atoms with Crippen LogP contribution in [0.25, 0.3) is 10.9 Å². The van der Waals surface area contributed by atoms with Gasteiger partial charge >= 0.3 is 0 Å². The smallest absolute Gasteiger partial charge is 0.267 e. The van der Waals surface area contributed by atoms with Crippen molar-refractivity contribution >= 4 is 28.4 Å². The van der Waals surface area contributed by atoms with Gasteiger partial charge in [0.1, 0.15) is 11.5 Å². The van der Waals surface area contributed by atoms with E-state index in [2.05, 4.69) is 10.3 Å². The molecule has 0 fully saturated rings. The quantitative estimate of drug-likeness (QED) is 0.804. The molecule has 0 unspecified atom stereocenters. The monoisotopic (exact) mass is 316 g/mol. The molecule has 0 saturated carbocycles. The number of hydrogen-bond donors (Lipinski definition) is 1. The van der Waals surface area contributed by atoms with E-state index in [0.717, 1.165) is 16.7 Å². The highest BCUT2D eigenvalue weighted by Crippen LogP contribution is 2.25. The standard InChI is InChI=1S/C16H17ClN4O/c1-11-18-6-8-21(11)9-7-19-16(22)14-10-12-4-3-5-13(17)15(12)20(14)2/h3-6,8,10H,7,9H2,1-2H3,(H,19,22). The molecule has 2 aromatic heterocycles. The Bertz CT molecular complexity index is 834. The summed E-state index contributed by atoms with van der Waals surface area (Å²) in [5.74, 6) is 0.832. The third-order valence-electron chi connectivity index (χ3n) is 3.80. The minimum atomic E-state index is -0.104. The van der Waals surface area contributed by atoms with Crippen LogP contribution in [0, 0.1) is 6.92 Å². The van der Waals surface area contributed by atoms with Crippen molar-refractivity contribution in [3.05, 3.63) is 53.2 Å². The molecule has 0 bridgehead atoms. The Morgan fingerprint density at radius 3 is 2.91 bits per heavy atom. The molecule has 0 atom stereocenters. The van der Waals surface area contributed by atoms with Crippen LogP contribution >= 0.6 is 11.6 Å². The van der Waals surface area contributed by atoms with Crippen LogP contribution in [0.3, 0.4) is 0 Å². The minimum absolute atomic E-state index is 0.104. The SMILES string of the molecule is Cc1nccn1CCNC(=O)c1cc2cccc(Cl)c2n1C. The second-order valence-corrected chi connectivity index (χ2v) is 5.60. The van der Waals surface area contributed by atoms with Crippen LogP contribution in [0.4, 0.5) is 0 Å². The van der Waals surface area contributed by atoms with E-state index >= 15 is 0 Å². The molecule has 0 saturated heterocycles. The predicted molar refractivity (Wildman–Crippen MR) is 87.2 cm³/mol. The Labute approximate surface area is 133 Å². The average molecular weight is 317 g/mol. The number of benzene rings is 1. The van der Waals surface area contributed by atoms with Crippen LogP contribution in [-0.2, 0) is 13.6 Å². The Hall–Kier alpha value is -2.27. The Morgan fingerprint density at radius 2 is 2.23 bits per heavy atom. The number of rotatable bonds is 4. The van der Waals surface area contributed by atoms with Crippen LogP contribution in [0.2, 0.25) is 5.02 Å². The molecule has 22 heavy (non-hydrogen) atoms. The molecule has 3 aromatic rings. The van der Waals surface area contributed by atoms with Gasteiger partial charge in [-0.1, -0.05) is 23.7 Å². The fourth-order valence-electron chi connectivity index (χ4n) is 2.61. The summed E-state index contributed by atoms with van der Waals surface area (Å²) in [4.78, 5) is 16.5. The molecule has 1 amide bonds. The molecule has 114 valence electrons. The largest absolute Gasteiger partial charge is 0.349 e. The second-order valence-electron chi connectivity index (χ2n) is 5.19. The molecule has 0 aliphatic heterocycles. The highest BCUT2D eigenvalue weighted by atomic mass is 35.5. The molecule has 0 aliphatic carbocycles. The first-order chi connectivity index (χ1) is 10.6. The molecule has 3 rings (SSSR count). The number of aromatic nitrogens is 3. The number of fused-ring (bicyclic) bond motifs is 1. The van der Waals surface area contributed by atoms with E-state index in [4.69, 9.17) is 11.6 Å². The molecule has 5 nitrogen and oxygen atoms in total. The van der Waals surface area contributed by atoms with Gasteiger partial charge in [-0.2, -0.15) is 0 Å². The van der Waals surface area contributed by atoms with E-state index in [1.807, 2.05) is 53.6 Å². The number of aryl methyl sites for hydroxylation is 2. The summed E-state index contributed by atoms with van der Waals surface area (Å²) in [6.07, 6.45) is 3.65. The van der Waals surface area contributed by atoms with Crippen LogP contribution in [0.1, 0.15) is 16.3 Å². The number of halogens is 1. The number of carbonyl (C=O) groups is 1. The first kappa shape index (κ1) is 14.7. The zero-order valence-electron chi connectivity index (χ0n) is 12.5. The van der Waals surface area contributed by atoms with Crippen molar-refractivity contribution in [1.82, 2.24) is 19.4 Å². The molecular weight excluding hydrogens is 300 g/mol. The first-order valence-corrected chi connectivity index (χ1v) is 7.45. The maximum Gasteiger partial charge on any atom is 0.267 e.